The summed E-state index contributed by atoms with van der Waals surface area (Å²) in [6.45, 7) is 0. The predicted octanol–water partition coefficient (Wildman–Crippen LogP) is 6.24. The largest absolute Gasteiger partial charge is 0.283 e. The van der Waals surface area contributed by atoms with E-state index in [1.807, 2.05) is 24.3 Å². The van der Waals surface area contributed by atoms with E-state index in [4.69, 9.17) is 11.6 Å². The summed E-state index contributed by atoms with van der Waals surface area (Å²) in [6, 6.07) is 21.4. The second-order valence-electron chi connectivity index (χ2n) is 6.30. The highest BCUT2D eigenvalue weighted by molar-refractivity contribution is 9.10. The predicted molar refractivity (Wildman–Crippen MR) is 123 cm³/mol. The number of hydrazine groups is 1. The third kappa shape index (κ3) is 4.01. The van der Waals surface area contributed by atoms with Crippen molar-refractivity contribution < 1.29 is 9.59 Å². The van der Waals surface area contributed by atoms with E-state index < -0.39 is 11.8 Å². The molecule has 3 aromatic rings. The summed E-state index contributed by atoms with van der Waals surface area (Å²) in [5.41, 5.74) is 1.99. The first kappa shape index (κ1) is 19.9. The first-order chi connectivity index (χ1) is 13.9. The fourth-order valence-electron chi connectivity index (χ4n) is 2.98. The lowest BCUT2D eigenvalue weighted by atomic mass is 10.1. The van der Waals surface area contributed by atoms with Gasteiger partial charge in [0.05, 0.1) is 11.4 Å². The summed E-state index contributed by atoms with van der Waals surface area (Å²) in [5.74, 6) is -0.787. The number of carbonyl (C=O) groups is 2. The zero-order chi connectivity index (χ0) is 20.5. The van der Waals surface area contributed by atoms with E-state index in [0.717, 1.165) is 14.5 Å². The first-order valence-electron chi connectivity index (χ1n) is 8.61. The minimum atomic E-state index is -0.393. The van der Waals surface area contributed by atoms with Crippen LogP contribution in [0, 0.1) is 0 Å². The number of amides is 2. The molecule has 0 spiro atoms. The smallest absolute Gasteiger partial charge is 0.267 e. The Morgan fingerprint density at radius 3 is 1.48 bits per heavy atom. The van der Waals surface area contributed by atoms with Crippen LogP contribution in [0.5, 0.6) is 0 Å². The van der Waals surface area contributed by atoms with Gasteiger partial charge in [0, 0.05) is 14.0 Å². The van der Waals surface area contributed by atoms with E-state index >= 15 is 0 Å². The Kier molecular flexibility index (Phi) is 5.58. The van der Waals surface area contributed by atoms with Gasteiger partial charge in [-0.05, 0) is 72.3 Å². The highest BCUT2D eigenvalue weighted by Crippen LogP contribution is 2.33. The van der Waals surface area contributed by atoms with Crippen LogP contribution in [0.15, 0.2) is 87.3 Å². The number of hydrogen-bond donors (Lipinski definition) is 0. The van der Waals surface area contributed by atoms with Crippen LogP contribution in [0.4, 0.5) is 11.4 Å². The van der Waals surface area contributed by atoms with E-state index in [1.54, 1.807) is 54.6 Å². The molecule has 1 fully saturated rings. The quantitative estimate of drug-likeness (QED) is 0.296. The van der Waals surface area contributed by atoms with Gasteiger partial charge < -0.3 is 0 Å². The standard InChI is InChI=1S/C22H13Br2ClN2O2/c23-15-3-9-18(10-4-15)26-21(28)20(13-14-1-7-17(25)8-2-14)22(29)27(26)19-11-5-16(24)6-12-19/h1-13H. The summed E-state index contributed by atoms with van der Waals surface area (Å²) in [6.07, 6.45) is 1.59. The number of anilines is 2. The molecular formula is C22H13Br2ClN2O2. The highest BCUT2D eigenvalue weighted by Gasteiger charge is 2.42. The lowest BCUT2D eigenvalue weighted by Crippen LogP contribution is -2.41. The van der Waals surface area contributed by atoms with Gasteiger partial charge in [-0.1, -0.05) is 55.6 Å². The van der Waals surface area contributed by atoms with Gasteiger partial charge in [0.25, 0.3) is 11.8 Å². The number of benzene rings is 3. The van der Waals surface area contributed by atoms with Gasteiger partial charge in [-0.2, -0.15) is 0 Å². The Morgan fingerprint density at radius 2 is 1.07 bits per heavy atom. The molecular weight excluding hydrogens is 520 g/mol. The number of rotatable bonds is 3. The van der Waals surface area contributed by atoms with Crippen molar-refractivity contribution in [3.05, 3.63) is 97.9 Å². The van der Waals surface area contributed by atoms with E-state index in [2.05, 4.69) is 31.9 Å². The van der Waals surface area contributed by atoms with Gasteiger partial charge in [0.2, 0.25) is 0 Å². The van der Waals surface area contributed by atoms with Crippen LogP contribution < -0.4 is 10.0 Å². The molecule has 4 nitrogen and oxygen atoms in total. The fourth-order valence-corrected chi connectivity index (χ4v) is 3.64. The van der Waals surface area contributed by atoms with Crippen LogP contribution in [-0.4, -0.2) is 11.8 Å². The van der Waals surface area contributed by atoms with Gasteiger partial charge in [-0.15, -0.1) is 0 Å². The highest BCUT2D eigenvalue weighted by atomic mass is 79.9. The molecule has 0 aromatic heterocycles. The zero-order valence-electron chi connectivity index (χ0n) is 14.9. The Bertz CT molecular complexity index is 1050. The Hall–Kier alpha value is -2.41. The van der Waals surface area contributed by atoms with Crippen molar-refractivity contribution in [1.29, 1.82) is 0 Å². The van der Waals surface area contributed by atoms with Gasteiger partial charge in [0.1, 0.15) is 5.57 Å². The topological polar surface area (TPSA) is 40.6 Å². The van der Waals surface area contributed by atoms with Crippen molar-refractivity contribution >= 4 is 72.7 Å². The SMILES string of the molecule is O=C1C(=Cc2ccc(Cl)cc2)C(=O)N(c2ccc(Br)cc2)N1c1ccc(Br)cc1. The maximum atomic E-state index is 13.3. The normalized spacial score (nSPS) is 14.0. The number of carbonyl (C=O) groups excluding carboxylic acids is 2. The van der Waals surface area contributed by atoms with Crippen molar-refractivity contribution in [3.63, 3.8) is 0 Å². The van der Waals surface area contributed by atoms with Gasteiger partial charge in [-0.25, -0.2) is 10.0 Å². The number of nitrogens with zero attached hydrogens (tertiary/aromatic N) is 2. The Labute approximate surface area is 189 Å². The average Bonchev–Trinajstić information content (AvgIpc) is 2.96. The Balaban J connectivity index is 1.83. The van der Waals surface area contributed by atoms with Gasteiger partial charge in [0.15, 0.2) is 0 Å². The molecule has 3 aromatic carbocycles. The molecule has 2 amide bonds. The van der Waals surface area contributed by atoms with Crippen LogP contribution in [0.1, 0.15) is 5.56 Å². The van der Waals surface area contributed by atoms with Crippen molar-refractivity contribution in [2.75, 3.05) is 10.0 Å². The van der Waals surface area contributed by atoms with Crippen molar-refractivity contribution in [2.45, 2.75) is 0 Å². The summed E-state index contributed by atoms with van der Waals surface area (Å²) in [7, 11) is 0. The van der Waals surface area contributed by atoms with Crippen LogP contribution in [-0.2, 0) is 9.59 Å². The molecule has 144 valence electrons. The summed E-state index contributed by atoms with van der Waals surface area (Å²) < 4.78 is 1.76. The molecule has 1 saturated heterocycles. The van der Waals surface area contributed by atoms with Crippen molar-refractivity contribution in [1.82, 2.24) is 0 Å². The second kappa shape index (κ2) is 8.14. The molecule has 4 rings (SSSR count). The third-order valence-electron chi connectivity index (χ3n) is 4.37. The summed E-state index contributed by atoms with van der Waals surface area (Å²) in [4.78, 5) is 26.5. The van der Waals surface area contributed by atoms with Crippen LogP contribution in [0.2, 0.25) is 5.02 Å². The fraction of sp³-hybridized carbons (Fsp3) is 0. The minimum absolute atomic E-state index is 0.0816. The molecule has 1 aliphatic heterocycles. The number of hydrogen-bond acceptors (Lipinski definition) is 2. The second-order valence-corrected chi connectivity index (χ2v) is 8.56. The molecule has 0 bridgehead atoms. The van der Waals surface area contributed by atoms with E-state index in [1.165, 1.54) is 10.0 Å². The molecule has 0 aliphatic carbocycles. The molecule has 1 aliphatic rings. The molecule has 0 unspecified atom stereocenters. The van der Waals surface area contributed by atoms with E-state index in [0.29, 0.717) is 16.4 Å². The average molecular weight is 533 g/mol. The van der Waals surface area contributed by atoms with Crippen molar-refractivity contribution in [2.24, 2.45) is 0 Å². The lowest BCUT2D eigenvalue weighted by Gasteiger charge is -2.27. The van der Waals surface area contributed by atoms with Crippen LogP contribution in [0.25, 0.3) is 6.08 Å². The van der Waals surface area contributed by atoms with Crippen LogP contribution in [0.3, 0.4) is 0 Å². The van der Waals surface area contributed by atoms with Gasteiger partial charge in [-0.3, -0.25) is 9.59 Å². The molecule has 0 radical (unpaired) electrons. The molecule has 0 atom stereocenters. The minimum Gasteiger partial charge on any atom is -0.267 e. The van der Waals surface area contributed by atoms with Gasteiger partial charge >= 0.3 is 0 Å². The van der Waals surface area contributed by atoms with E-state index in [9.17, 15) is 9.59 Å². The van der Waals surface area contributed by atoms with Crippen LogP contribution >= 0.6 is 43.5 Å². The molecule has 0 N–H and O–H groups in total. The zero-order valence-corrected chi connectivity index (χ0v) is 18.8. The first-order valence-corrected chi connectivity index (χ1v) is 10.6. The Morgan fingerprint density at radius 1 is 0.655 bits per heavy atom. The third-order valence-corrected chi connectivity index (χ3v) is 5.68. The number of halogens is 3. The molecule has 1 heterocycles. The van der Waals surface area contributed by atoms with Crippen molar-refractivity contribution in [3.8, 4) is 0 Å². The molecule has 7 heteroatoms. The summed E-state index contributed by atoms with van der Waals surface area (Å²) in [5, 5.41) is 3.36. The molecule has 29 heavy (non-hydrogen) atoms. The molecule has 0 saturated carbocycles. The van der Waals surface area contributed by atoms with E-state index in [-0.39, 0.29) is 5.57 Å². The maximum Gasteiger partial charge on any atom is 0.283 e. The summed E-state index contributed by atoms with van der Waals surface area (Å²) >= 11 is 12.7. The monoisotopic (exact) mass is 530 g/mol. The maximum absolute atomic E-state index is 13.3. The lowest BCUT2D eigenvalue weighted by molar-refractivity contribution is -0.116.